The molecule has 0 spiro atoms. The number of hydrogen-bond acceptors (Lipinski definition) is 4. The molecule has 0 unspecified atom stereocenters. The summed E-state index contributed by atoms with van der Waals surface area (Å²) in [6, 6.07) is 5.72. The van der Waals surface area contributed by atoms with Crippen molar-refractivity contribution in [3.8, 4) is 0 Å². The molecule has 23 heavy (non-hydrogen) atoms. The summed E-state index contributed by atoms with van der Waals surface area (Å²) in [6.45, 7) is 3.32. The van der Waals surface area contributed by atoms with E-state index in [1.807, 2.05) is 6.92 Å². The van der Waals surface area contributed by atoms with Crippen molar-refractivity contribution in [2.45, 2.75) is 48.4 Å². The van der Waals surface area contributed by atoms with E-state index in [0.717, 1.165) is 25.7 Å². The van der Waals surface area contributed by atoms with Crippen LogP contribution in [0.4, 0.5) is 0 Å². The molecule has 0 aromatic heterocycles. The summed E-state index contributed by atoms with van der Waals surface area (Å²) in [5.41, 5.74) is 0. The van der Waals surface area contributed by atoms with Gasteiger partial charge >= 0.3 is 0 Å². The molecule has 1 aliphatic heterocycles. The Bertz CT molecular complexity index is 762. The van der Waals surface area contributed by atoms with Crippen molar-refractivity contribution in [3.63, 3.8) is 0 Å². The third-order valence-corrected chi connectivity index (χ3v) is 8.35. The summed E-state index contributed by atoms with van der Waals surface area (Å²) in [5.74, 6) is 0. The van der Waals surface area contributed by atoms with Gasteiger partial charge in [0, 0.05) is 25.7 Å². The van der Waals surface area contributed by atoms with Crippen molar-refractivity contribution in [3.05, 3.63) is 24.3 Å². The summed E-state index contributed by atoms with van der Waals surface area (Å²) in [7, 11) is -7.05. The van der Waals surface area contributed by atoms with E-state index in [1.54, 1.807) is 0 Å². The minimum Gasteiger partial charge on any atom is -0.207 e. The highest BCUT2D eigenvalue weighted by atomic mass is 32.2. The van der Waals surface area contributed by atoms with E-state index in [4.69, 9.17) is 0 Å². The zero-order valence-corrected chi connectivity index (χ0v) is 14.8. The maximum atomic E-state index is 12.6. The van der Waals surface area contributed by atoms with Crippen LogP contribution in [0.2, 0.25) is 0 Å². The first-order valence-corrected chi connectivity index (χ1v) is 10.9. The Morgan fingerprint density at radius 3 is 2.00 bits per heavy atom. The second kappa shape index (κ2) is 6.16. The standard InChI is InChI=1S/C15H22N2O4S2/c1-2-17(13-5-6-13)23(20,21)15-9-7-14(8-10-15)22(18,19)16-11-3-4-12-16/h7-10,13H,2-6,11-12H2,1H3. The summed E-state index contributed by atoms with van der Waals surface area (Å²) >= 11 is 0. The van der Waals surface area contributed by atoms with Gasteiger partial charge in [-0.25, -0.2) is 16.8 Å². The molecule has 8 heteroatoms. The van der Waals surface area contributed by atoms with Gasteiger partial charge in [0.05, 0.1) is 9.79 Å². The molecule has 2 fully saturated rings. The van der Waals surface area contributed by atoms with Crippen LogP contribution in [0, 0.1) is 0 Å². The average molecular weight is 358 g/mol. The van der Waals surface area contributed by atoms with Gasteiger partial charge in [-0.3, -0.25) is 0 Å². The number of hydrogen-bond donors (Lipinski definition) is 0. The smallest absolute Gasteiger partial charge is 0.207 e. The van der Waals surface area contributed by atoms with Crippen LogP contribution in [0.15, 0.2) is 34.1 Å². The number of benzene rings is 1. The Morgan fingerprint density at radius 1 is 1.00 bits per heavy atom. The van der Waals surface area contributed by atoms with Crippen molar-refractivity contribution in [1.82, 2.24) is 8.61 Å². The maximum Gasteiger partial charge on any atom is 0.243 e. The quantitative estimate of drug-likeness (QED) is 0.775. The van der Waals surface area contributed by atoms with E-state index < -0.39 is 20.0 Å². The van der Waals surface area contributed by atoms with E-state index in [0.29, 0.717) is 19.6 Å². The topological polar surface area (TPSA) is 74.8 Å². The lowest BCUT2D eigenvalue weighted by Crippen LogP contribution is -2.33. The Balaban J connectivity index is 1.87. The summed E-state index contributed by atoms with van der Waals surface area (Å²) in [6.07, 6.45) is 3.54. The first kappa shape index (κ1) is 16.9. The third-order valence-electron chi connectivity index (χ3n) is 4.40. The van der Waals surface area contributed by atoms with Crippen LogP contribution in [0.5, 0.6) is 0 Å². The Kier molecular flexibility index (Phi) is 4.52. The predicted octanol–water partition coefficient (Wildman–Crippen LogP) is 1.64. The zero-order chi connectivity index (χ0) is 16.7. The highest BCUT2D eigenvalue weighted by Crippen LogP contribution is 2.32. The summed E-state index contributed by atoms with van der Waals surface area (Å²) in [5, 5.41) is 0. The molecule has 0 bridgehead atoms. The van der Waals surface area contributed by atoms with E-state index in [2.05, 4.69) is 0 Å². The molecule has 128 valence electrons. The van der Waals surface area contributed by atoms with Crippen LogP contribution < -0.4 is 0 Å². The SMILES string of the molecule is CCN(C1CC1)S(=O)(=O)c1ccc(S(=O)(=O)N2CCCC2)cc1. The van der Waals surface area contributed by atoms with Gasteiger partial charge in [0.15, 0.2) is 0 Å². The van der Waals surface area contributed by atoms with Gasteiger partial charge in [-0.15, -0.1) is 0 Å². The van der Waals surface area contributed by atoms with E-state index in [9.17, 15) is 16.8 Å². The lowest BCUT2D eigenvalue weighted by Gasteiger charge is -2.20. The fourth-order valence-electron chi connectivity index (χ4n) is 2.98. The van der Waals surface area contributed by atoms with Gasteiger partial charge < -0.3 is 0 Å². The van der Waals surface area contributed by atoms with Crippen LogP contribution in [-0.4, -0.2) is 51.1 Å². The number of sulfonamides is 2. The molecule has 1 saturated carbocycles. The summed E-state index contributed by atoms with van der Waals surface area (Å²) < 4.78 is 53.2. The number of rotatable bonds is 6. The second-order valence-electron chi connectivity index (χ2n) is 6.02. The monoisotopic (exact) mass is 358 g/mol. The van der Waals surface area contributed by atoms with Crippen molar-refractivity contribution >= 4 is 20.0 Å². The Labute approximate surface area is 138 Å². The Hall–Kier alpha value is -0.960. The molecule has 1 aliphatic carbocycles. The molecule has 3 rings (SSSR count). The highest BCUT2D eigenvalue weighted by molar-refractivity contribution is 7.89. The first-order valence-electron chi connectivity index (χ1n) is 7.99. The molecular formula is C15H22N2O4S2. The first-order chi connectivity index (χ1) is 10.9. The molecule has 0 atom stereocenters. The fourth-order valence-corrected chi connectivity index (χ4v) is 6.19. The van der Waals surface area contributed by atoms with Crippen LogP contribution in [0.1, 0.15) is 32.6 Å². The van der Waals surface area contributed by atoms with Crippen molar-refractivity contribution in [2.24, 2.45) is 0 Å². The molecule has 0 radical (unpaired) electrons. The molecule has 6 nitrogen and oxygen atoms in total. The normalized spacial score (nSPS) is 20.3. The van der Waals surface area contributed by atoms with E-state index >= 15 is 0 Å². The zero-order valence-electron chi connectivity index (χ0n) is 13.2. The molecule has 1 heterocycles. The predicted molar refractivity (Wildman–Crippen MR) is 87.0 cm³/mol. The van der Waals surface area contributed by atoms with Gasteiger partial charge in [0.25, 0.3) is 0 Å². The lowest BCUT2D eigenvalue weighted by molar-refractivity contribution is 0.421. The van der Waals surface area contributed by atoms with Gasteiger partial charge in [0.1, 0.15) is 0 Å². The largest absolute Gasteiger partial charge is 0.243 e. The lowest BCUT2D eigenvalue weighted by atomic mass is 10.4. The van der Waals surface area contributed by atoms with Gasteiger partial charge in [-0.1, -0.05) is 6.92 Å². The Morgan fingerprint density at radius 2 is 1.52 bits per heavy atom. The molecule has 0 amide bonds. The second-order valence-corrected chi connectivity index (χ2v) is 9.85. The third kappa shape index (κ3) is 3.17. The van der Waals surface area contributed by atoms with Crippen LogP contribution >= 0.6 is 0 Å². The molecule has 2 aliphatic rings. The summed E-state index contributed by atoms with van der Waals surface area (Å²) in [4.78, 5) is 0.319. The van der Waals surface area contributed by atoms with Crippen molar-refractivity contribution < 1.29 is 16.8 Å². The van der Waals surface area contributed by atoms with E-state index in [-0.39, 0.29) is 15.8 Å². The average Bonchev–Trinajstić information content (AvgIpc) is 3.18. The van der Waals surface area contributed by atoms with Crippen molar-refractivity contribution in [2.75, 3.05) is 19.6 Å². The minimum absolute atomic E-state index is 0.0954. The molecule has 0 N–H and O–H groups in total. The minimum atomic E-state index is -3.54. The maximum absolute atomic E-state index is 12.6. The van der Waals surface area contributed by atoms with Gasteiger partial charge in [-0.2, -0.15) is 8.61 Å². The van der Waals surface area contributed by atoms with Gasteiger partial charge in [0.2, 0.25) is 20.0 Å². The van der Waals surface area contributed by atoms with E-state index in [1.165, 1.54) is 32.9 Å². The molecule has 1 saturated heterocycles. The fraction of sp³-hybridized carbons (Fsp3) is 0.600. The highest BCUT2D eigenvalue weighted by Gasteiger charge is 2.37. The molecule has 1 aromatic carbocycles. The molecule has 1 aromatic rings. The van der Waals surface area contributed by atoms with Crippen LogP contribution in [-0.2, 0) is 20.0 Å². The van der Waals surface area contributed by atoms with Crippen molar-refractivity contribution in [1.29, 1.82) is 0 Å². The van der Waals surface area contributed by atoms with Crippen LogP contribution in [0.3, 0.4) is 0 Å². The van der Waals surface area contributed by atoms with Crippen LogP contribution in [0.25, 0.3) is 0 Å². The number of nitrogens with zero attached hydrogens (tertiary/aromatic N) is 2. The van der Waals surface area contributed by atoms with Gasteiger partial charge in [-0.05, 0) is 49.9 Å². The molecular weight excluding hydrogens is 336 g/mol.